The normalized spacial score (nSPS) is 17.5. The highest BCUT2D eigenvalue weighted by atomic mass is 16.6. The number of nitrogens with two attached hydrogens (primary N) is 1. The van der Waals surface area contributed by atoms with Gasteiger partial charge in [0.1, 0.15) is 12.2 Å². The molecule has 0 rings (SSSR count). The zero-order valence-electron chi connectivity index (χ0n) is 29.6. The number of hydrogen-bond donors (Lipinski definition) is 8. The molecule has 0 aromatic heterocycles. The number of carbonyl (C=O) groups excluding carboxylic acids is 2. The number of rotatable bonds is 29. The summed E-state index contributed by atoms with van der Waals surface area (Å²) in [5.74, 6) is -12.0. The summed E-state index contributed by atoms with van der Waals surface area (Å²) in [4.78, 5) is 71.6. The van der Waals surface area contributed by atoms with Crippen LogP contribution in [0.3, 0.4) is 0 Å². The Labute approximate surface area is 293 Å². The molecule has 0 aromatic rings. The third kappa shape index (κ3) is 21.0. The standard InChI is InChI=1S/C34H59NO15/c1-5-6-9-20(3)32(50-31(44)17-23(34(47)48)15-29(41)42)27(49-30(43)16-22(33(45)46)14-28(39)40)13-19(2)12-24(36)10-7-8-11-25(37)18-26(38)21(4)35/h19-27,32,36-38H,5-18,35H2,1-4H3,(H,39,40)(H,41,42)(H,45,46)(H,47,48)/t19-,20+,21-,22+,23-,24+,25-,26-,27-,32+/m0/s1. The third-order valence-corrected chi connectivity index (χ3v) is 8.61. The Hall–Kier alpha value is -3.34. The maximum atomic E-state index is 13.0. The molecule has 16 heteroatoms. The number of carboxylic acids is 4. The Kier molecular flexibility index (Phi) is 23.1. The molecule has 0 fully saturated rings. The highest BCUT2D eigenvalue weighted by molar-refractivity contribution is 5.83. The van der Waals surface area contributed by atoms with Crippen LogP contribution in [0.5, 0.6) is 0 Å². The van der Waals surface area contributed by atoms with Gasteiger partial charge in [-0.05, 0) is 50.9 Å². The molecule has 0 aliphatic rings. The van der Waals surface area contributed by atoms with Crippen molar-refractivity contribution < 1.29 is 74.0 Å². The summed E-state index contributed by atoms with van der Waals surface area (Å²) in [6.45, 7) is 7.06. The first kappa shape index (κ1) is 46.7. The van der Waals surface area contributed by atoms with Crippen LogP contribution in [0.1, 0.15) is 118 Å². The fourth-order valence-electron chi connectivity index (χ4n) is 5.68. The molecule has 0 radical (unpaired) electrons. The molecule has 0 spiro atoms. The number of hydrogen-bond acceptors (Lipinski definition) is 12. The molecule has 50 heavy (non-hydrogen) atoms. The van der Waals surface area contributed by atoms with Crippen molar-refractivity contribution in [1.82, 2.24) is 0 Å². The largest absolute Gasteiger partial charge is 0.481 e. The van der Waals surface area contributed by atoms with Crippen LogP contribution in [-0.2, 0) is 38.2 Å². The minimum absolute atomic E-state index is 0.0270. The first-order chi connectivity index (χ1) is 23.3. The number of aliphatic hydroxyl groups excluding tert-OH is 3. The topological polar surface area (TPSA) is 289 Å². The lowest BCUT2D eigenvalue weighted by atomic mass is 9.87. The quantitative estimate of drug-likeness (QED) is 0.0407. The van der Waals surface area contributed by atoms with E-state index in [1.165, 1.54) is 0 Å². The van der Waals surface area contributed by atoms with Crippen molar-refractivity contribution in [3.8, 4) is 0 Å². The molecule has 0 aliphatic carbocycles. The number of aliphatic hydroxyl groups is 3. The van der Waals surface area contributed by atoms with Crippen LogP contribution in [0.15, 0.2) is 0 Å². The number of carbonyl (C=O) groups is 6. The average molecular weight is 722 g/mol. The van der Waals surface area contributed by atoms with Gasteiger partial charge in [-0.3, -0.25) is 28.8 Å². The Morgan fingerprint density at radius 1 is 0.620 bits per heavy atom. The lowest BCUT2D eigenvalue weighted by Gasteiger charge is -2.33. The van der Waals surface area contributed by atoms with Crippen molar-refractivity contribution >= 4 is 35.8 Å². The lowest BCUT2D eigenvalue weighted by molar-refractivity contribution is -0.177. The summed E-state index contributed by atoms with van der Waals surface area (Å²) in [5, 5.41) is 67.8. The summed E-state index contributed by atoms with van der Waals surface area (Å²) >= 11 is 0. The first-order valence-corrected chi connectivity index (χ1v) is 17.3. The maximum absolute atomic E-state index is 13.0. The Bertz CT molecular complexity index is 1070. The Morgan fingerprint density at radius 3 is 1.50 bits per heavy atom. The van der Waals surface area contributed by atoms with Gasteiger partial charge in [0.05, 0.1) is 55.8 Å². The Balaban J connectivity index is 5.98. The molecule has 0 bridgehead atoms. The molecule has 0 aromatic carbocycles. The Morgan fingerprint density at radius 2 is 1.08 bits per heavy atom. The highest BCUT2D eigenvalue weighted by Gasteiger charge is 2.37. The van der Waals surface area contributed by atoms with Gasteiger partial charge in [-0.2, -0.15) is 0 Å². The minimum Gasteiger partial charge on any atom is -0.481 e. The molecular weight excluding hydrogens is 662 g/mol. The second-order valence-electron chi connectivity index (χ2n) is 13.6. The van der Waals surface area contributed by atoms with Crippen LogP contribution in [0.2, 0.25) is 0 Å². The van der Waals surface area contributed by atoms with Crippen LogP contribution in [0.25, 0.3) is 0 Å². The van der Waals surface area contributed by atoms with E-state index in [-0.39, 0.29) is 25.2 Å². The highest BCUT2D eigenvalue weighted by Crippen LogP contribution is 2.29. The molecular formula is C34H59NO15. The van der Waals surface area contributed by atoms with Gasteiger partial charge in [0.25, 0.3) is 0 Å². The van der Waals surface area contributed by atoms with Gasteiger partial charge in [-0.1, -0.05) is 46.5 Å². The lowest BCUT2D eigenvalue weighted by Crippen LogP contribution is -2.42. The molecule has 9 N–H and O–H groups in total. The monoisotopic (exact) mass is 721 g/mol. The third-order valence-electron chi connectivity index (χ3n) is 8.61. The molecule has 0 amide bonds. The van der Waals surface area contributed by atoms with E-state index in [9.17, 15) is 54.3 Å². The van der Waals surface area contributed by atoms with Crippen LogP contribution >= 0.6 is 0 Å². The molecule has 16 nitrogen and oxygen atoms in total. The molecule has 290 valence electrons. The molecule has 0 unspecified atom stereocenters. The maximum Gasteiger partial charge on any atom is 0.307 e. The van der Waals surface area contributed by atoms with E-state index in [4.69, 9.17) is 25.4 Å². The van der Waals surface area contributed by atoms with Crippen molar-refractivity contribution in [3.63, 3.8) is 0 Å². The molecule has 0 heterocycles. The SMILES string of the molecule is CCCC[C@@H](C)[C@@H](OC(=O)C[C@H](CC(=O)O)C(=O)O)[C@H](C[C@@H](C)C[C@H](O)CCCC[C@H](O)C[C@H](O)[C@H](C)N)OC(=O)C[C@@H](CC(=O)O)C(=O)O. The van der Waals surface area contributed by atoms with Gasteiger partial charge < -0.3 is 51.0 Å². The number of carboxylic acid groups (broad SMARTS) is 4. The van der Waals surface area contributed by atoms with Gasteiger partial charge in [0, 0.05) is 12.5 Å². The first-order valence-electron chi connectivity index (χ1n) is 17.3. The van der Waals surface area contributed by atoms with Crippen LogP contribution in [-0.4, -0.2) is 108 Å². The number of ether oxygens (including phenoxy) is 2. The average Bonchev–Trinajstić information content (AvgIpc) is 2.99. The summed E-state index contributed by atoms with van der Waals surface area (Å²) in [5.41, 5.74) is 5.63. The van der Waals surface area contributed by atoms with Crippen molar-refractivity contribution in [2.24, 2.45) is 29.4 Å². The molecule has 0 saturated carbocycles. The predicted molar refractivity (Wildman–Crippen MR) is 178 cm³/mol. The van der Waals surface area contributed by atoms with E-state index < -0.39 is 116 Å². The van der Waals surface area contributed by atoms with Crippen molar-refractivity contribution in [1.29, 1.82) is 0 Å². The van der Waals surface area contributed by atoms with E-state index >= 15 is 0 Å². The summed E-state index contributed by atoms with van der Waals surface area (Å²) in [7, 11) is 0. The summed E-state index contributed by atoms with van der Waals surface area (Å²) < 4.78 is 11.4. The van der Waals surface area contributed by atoms with Gasteiger partial charge in [-0.25, -0.2) is 0 Å². The van der Waals surface area contributed by atoms with Crippen LogP contribution < -0.4 is 5.73 Å². The molecule has 0 saturated heterocycles. The van der Waals surface area contributed by atoms with Gasteiger partial charge in [0.2, 0.25) is 0 Å². The molecule has 0 aliphatic heterocycles. The van der Waals surface area contributed by atoms with Gasteiger partial charge in [-0.15, -0.1) is 0 Å². The predicted octanol–water partition coefficient (Wildman–Crippen LogP) is 2.56. The van der Waals surface area contributed by atoms with Gasteiger partial charge >= 0.3 is 35.8 Å². The van der Waals surface area contributed by atoms with Gasteiger partial charge in [0.15, 0.2) is 0 Å². The number of esters is 2. The van der Waals surface area contributed by atoms with E-state index in [2.05, 4.69) is 0 Å². The molecule has 10 atom stereocenters. The fraction of sp³-hybridized carbons (Fsp3) is 0.824. The smallest absolute Gasteiger partial charge is 0.307 e. The second kappa shape index (κ2) is 24.7. The summed E-state index contributed by atoms with van der Waals surface area (Å²) in [6.07, 6.45) is -3.74. The van der Waals surface area contributed by atoms with Crippen molar-refractivity contribution in [2.75, 3.05) is 0 Å². The van der Waals surface area contributed by atoms with Crippen molar-refractivity contribution in [3.05, 3.63) is 0 Å². The van der Waals surface area contributed by atoms with Crippen LogP contribution in [0.4, 0.5) is 0 Å². The fourth-order valence-corrected chi connectivity index (χ4v) is 5.68. The zero-order chi connectivity index (χ0) is 38.6. The van der Waals surface area contributed by atoms with Crippen molar-refractivity contribution in [2.45, 2.75) is 154 Å². The number of unbranched alkanes of at least 4 members (excludes halogenated alkanes) is 2. The minimum atomic E-state index is -1.59. The van der Waals surface area contributed by atoms with E-state index in [1.807, 2.05) is 6.92 Å². The summed E-state index contributed by atoms with van der Waals surface area (Å²) in [6, 6.07) is -0.476. The van der Waals surface area contributed by atoms with Crippen LogP contribution in [0, 0.1) is 23.7 Å². The van der Waals surface area contributed by atoms with E-state index in [0.29, 0.717) is 38.5 Å². The van der Waals surface area contributed by atoms with E-state index in [1.54, 1.807) is 20.8 Å². The zero-order valence-corrected chi connectivity index (χ0v) is 29.6. The second-order valence-corrected chi connectivity index (χ2v) is 13.6. The van der Waals surface area contributed by atoms with E-state index in [0.717, 1.165) is 6.42 Å². The number of aliphatic carboxylic acids is 4.